The second-order valence-corrected chi connectivity index (χ2v) is 16.5. The quantitative estimate of drug-likeness (QED) is 0.490. The molecule has 0 amide bonds. The van der Waals surface area contributed by atoms with Gasteiger partial charge in [0, 0.05) is 8.07 Å². The van der Waals surface area contributed by atoms with Crippen molar-refractivity contribution < 1.29 is 28.8 Å². The molecular formula is C27H38O6Si. The highest BCUT2D eigenvalue weighted by Gasteiger charge is 2.65. The van der Waals surface area contributed by atoms with Crippen LogP contribution in [-0.2, 0) is 36.9 Å². The molecule has 4 rings (SSSR count). The average molecular weight is 487 g/mol. The highest BCUT2D eigenvalue weighted by atomic mass is 28.3. The standard InChI is InChI=1S/C27H38O6Si/c1-26(2)31-23-24(30-17-21-14-10-7-11-15-21)27(33-25(23)32-26,22(28)18-34(3,4)5)19-29-16-20-12-8-6-9-13-20/h6-15,22-25,28H,16-19H2,1-5H3/t22-,23-,24+,25+,27+/m1/s1. The van der Waals surface area contributed by atoms with Crippen LogP contribution in [0.2, 0.25) is 25.7 Å². The monoisotopic (exact) mass is 486 g/mol. The second-order valence-electron chi connectivity index (χ2n) is 11.0. The summed E-state index contributed by atoms with van der Waals surface area (Å²) in [6.45, 7) is 11.4. The third kappa shape index (κ3) is 5.97. The van der Waals surface area contributed by atoms with Crippen molar-refractivity contribution in [3.8, 4) is 0 Å². The van der Waals surface area contributed by atoms with Gasteiger partial charge < -0.3 is 28.8 Å². The molecule has 0 aliphatic carbocycles. The lowest BCUT2D eigenvalue weighted by molar-refractivity contribution is -0.273. The molecule has 2 fully saturated rings. The lowest BCUT2D eigenvalue weighted by Gasteiger charge is -2.41. The van der Waals surface area contributed by atoms with Gasteiger partial charge in [-0.25, -0.2) is 0 Å². The van der Waals surface area contributed by atoms with Gasteiger partial charge >= 0.3 is 0 Å². The molecule has 0 bridgehead atoms. The van der Waals surface area contributed by atoms with Crippen LogP contribution in [0.1, 0.15) is 25.0 Å². The molecule has 0 radical (unpaired) electrons. The van der Waals surface area contributed by atoms with Gasteiger partial charge in [-0.3, -0.25) is 0 Å². The molecule has 186 valence electrons. The van der Waals surface area contributed by atoms with Crippen molar-refractivity contribution in [3.05, 3.63) is 71.8 Å². The van der Waals surface area contributed by atoms with Crippen LogP contribution in [0.15, 0.2) is 60.7 Å². The lowest BCUT2D eigenvalue weighted by Crippen LogP contribution is -2.58. The number of aliphatic hydroxyl groups excluding tert-OH is 1. The summed E-state index contributed by atoms with van der Waals surface area (Å²) in [7, 11) is -1.64. The molecule has 34 heavy (non-hydrogen) atoms. The maximum absolute atomic E-state index is 11.6. The summed E-state index contributed by atoms with van der Waals surface area (Å²) in [5.41, 5.74) is 1.00. The van der Waals surface area contributed by atoms with Crippen molar-refractivity contribution in [2.75, 3.05) is 6.61 Å². The molecule has 2 heterocycles. The Hall–Kier alpha value is -1.58. The molecule has 2 saturated heterocycles. The molecule has 0 unspecified atom stereocenters. The van der Waals surface area contributed by atoms with Crippen LogP contribution < -0.4 is 0 Å². The fourth-order valence-electron chi connectivity index (χ4n) is 4.75. The number of aliphatic hydroxyl groups is 1. The highest BCUT2D eigenvalue weighted by molar-refractivity contribution is 6.76. The number of fused-ring (bicyclic) bond motifs is 1. The van der Waals surface area contributed by atoms with E-state index >= 15 is 0 Å². The molecule has 7 heteroatoms. The van der Waals surface area contributed by atoms with Crippen molar-refractivity contribution in [2.24, 2.45) is 0 Å². The van der Waals surface area contributed by atoms with Crippen molar-refractivity contribution in [2.45, 2.75) is 88.7 Å². The van der Waals surface area contributed by atoms with Gasteiger partial charge in [-0.05, 0) is 31.0 Å². The number of ether oxygens (including phenoxy) is 5. The van der Waals surface area contributed by atoms with Gasteiger partial charge in [0.15, 0.2) is 12.1 Å². The molecule has 2 aliphatic heterocycles. The summed E-state index contributed by atoms with van der Waals surface area (Å²) in [4.78, 5) is 0. The van der Waals surface area contributed by atoms with Crippen molar-refractivity contribution in [1.29, 1.82) is 0 Å². The highest BCUT2D eigenvalue weighted by Crippen LogP contribution is 2.47. The van der Waals surface area contributed by atoms with Gasteiger partial charge in [-0.15, -0.1) is 0 Å². The van der Waals surface area contributed by atoms with E-state index in [0.29, 0.717) is 19.3 Å². The molecule has 2 aromatic carbocycles. The zero-order valence-electron chi connectivity index (χ0n) is 20.9. The largest absolute Gasteiger partial charge is 0.390 e. The number of hydrogen-bond donors (Lipinski definition) is 1. The summed E-state index contributed by atoms with van der Waals surface area (Å²) in [5, 5.41) is 11.6. The van der Waals surface area contributed by atoms with Crippen LogP contribution >= 0.6 is 0 Å². The predicted molar refractivity (Wildman–Crippen MR) is 133 cm³/mol. The SMILES string of the molecule is CC1(C)O[C@H]2O[C@@](COCc3ccccc3)([C@H](O)C[Si](C)(C)C)[C@@H](OCc3ccccc3)[C@H]2O1. The van der Waals surface area contributed by atoms with Gasteiger partial charge in [0.25, 0.3) is 0 Å². The van der Waals surface area contributed by atoms with Gasteiger partial charge in [0.2, 0.25) is 0 Å². The minimum Gasteiger partial charge on any atom is -0.390 e. The number of hydrogen-bond acceptors (Lipinski definition) is 6. The van der Waals surface area contributed by atoms with Crippen molar-refractivity contribution in [3.63, 3.8) is 0 Å². The molecule has 1 N–H and O–H groups in total. The van der Waals surface area contributed by atoms with Gasteiger partial charge in [-0.2, -0.15) is 0 Å². The molecule has 2 aliphatic rings. The molecular weight excluding hydrogens is 448 g/mol. The Kier molecular flexibility index (Phi) is 7.64. The summed E-state index contributed by atoms with van der Waals surface area (Å²) in [6.07, 6.45) is -2.43. The van der Waals surface area contributed by atoms with E-state index in [2.05, 4.69) is 19.6 Å². The molecule has 5 atom stereocenters. The molecule has 0 spiro atoms. The first kappa shape index (κ1) is 25.5. The van der Waals surface area contributed by atoms with Gasteiger partial charge in [-0.1, -0.05) is 80.3 Å². The normalized spacial score (nSPS) is 29.2. The number of benzene rings is 2. The Morgan fingerprint density at radius 2 is 1.47 bits per heavy atom. The van der Waals surface area contributed by atoms with E-state index in [1.165, 1.54) is 0 Å². The molecule has 0 saturated carbocycles. The molecule has 2 aromatic rings. The Morgan fingerprint density at radius 3 is 2.06 bits per heavy atom. The number of rotatable bonds is 10. The van der Waals surface area contributed by atoms with Gasteiger partial charge in [0.1, 0.15) is 17.8 Å². The van der Waals surface area contributed by atoms with Crippen LogP contribution in [0.5, 0.6) is 0 Å². The van der Waals surface area contributed by atoms with Crippen LogP contribution in [0.4, 0.5) is 0 Å². The first-order valence-electron chi connectivity index (χ1n) is 12.1. The second kappa shape index (κ2) is 10.2. The van der Waals surface area contributed by atoms with E-state index in [1.807, 2.05) is 74.5 Å². The van der Waals surface area contributed by atoms with Crippen molar-refractivity contribution in [1.82, 2.24) is 0 Å². The molecule has 0 aromatic heterocycles. The van der Waals surface area contributed by atoms with Gasteiger partial charge in [0.05, 0.1) is 25.9 Å². The van der Waals surface area contributed by atoms with E-state index in [0.717, 1.165) is 11.1 Å². The third-order valence-electron chi connectivity index (χ3n) is 6.29. The topological polar surface area (TPSA) is 66.4 Å². The van der Waals surface area contributed by atoms with Crippen molar-refractivity contribution >= 4 is 8.07 Å². The summed E-state index contributed by atoms with van der Waals surface area (Å²) in [6, 6.07) is 20.6. The Bertz CT molecular complexity index is 916. The maximum atomic E-state index is 11.6. The smallest absolute Gasteiger partial charge is 0.190 e. The van der Waals surface area contributed by atoms with Crippen LogP contribution in [0.3, 0.4) is 0 Å². The summed E-state index contributed by atoms with van der Waals surface area (Å²) < 4.78 is 31.5. The maximum Gasteiger partial charge on any atom is 0.190 e. The first-order chi connectivity index (χ1) is 16.1. The van der Waals surface area contributed by atoms with Crippen LogP contribution in [-0.4, -0.2) is 55.8 Å². The first-order valence-corrected chi connectivity index (χ1v) is 15.8. The Balaban J connectivity index is 1.60. The lowest BCUT2D eigenvalue weighted by atomic mass is 9.90. The zero-order valence-corrected chi connectivity index (χ0v) is 21.9. The third-order valence-corrected chi connectivity index (χ3v) is 7.90. The summed E-state index contributed by atoms with van der Waals surface area (Å²) in [5.74, 6) is -0.787. The van der Waals surface area contributed by atoms with E-state index in [9.17, 15) is 5.11 Å². The van der Waals surface area contributed by atoms with Crippen LogP contribution in [0, 0.1) is 0 Å². The zero-order chi connectivity index (χ0) is 24.4. The van der Waals surface area contributed by atoms with E-state index < -0.39 is 44.1 Å². The molecule has 6 nitrogen and oxygen atoms in total. The van der Waals surface area contributed by atoms with E-state index in [1.54, 1.807) is 0 Å². The fourth-order valence-corrected chi connectivity index (χ4v) is 6.25. The van der Waals surface area contributed by atoms with E-state index in [4.69, 9.17) is 23.7 Å². The van der Waals surface area contributed by atoms with E-state index in [-0.39, 0.29) is 6.61 Å². The Labute approximate surface area is 204 Å². The minimum absolute atomic E-state index is 0.174. The summed E-state index contributed by atoms with van der Waals surface area (Å²) >= 11 is 0. The predicted octanol–water partition coefficient (Wildman–Crippen LogP) is 4.73. The fraction of sp³-hybridized carbons (Fsp3) is 0.556. The van der Waals surface area contributed by atoms with Crippen LogP contribution in [0.25, 0.3) is 0 Å². The Morgan fingerprint density at radius 1 is 0.882 bits per heavy atom. The average Bonchev–Trinajstić information content (AvgIpc) is 3.21. The minimum atomic E-state index is -1.64.